The molecule has 1 atom stereocenters. The molecule has 1 aliphatic rings. The lowest BCUT2D eigenvalue weighted by molar-refractivity contribution is -0.389. The second-order valence-corrected chi connectivity index (χ2v) is 3.64. The molecule has 1 amide bonds. The van der Waals surface area contributed by atoms with Crippen LogP contribution in [0.15, 0.2) is 6.20 Å². The van der Waals surface area contributed by atoms with E-state index in [1.807, 2.05) is 0 Å². The van der Waals surface area contributed by atoms with E-state index in [-0.39, 0.29) is 24.2 Å². The Bertz CT molecular complexity index is 441. The highest BCUT2D eigenvalue weighted by atomic mass is 16.6. The van der Waals surface area contributed by atoms with Gasteiger partial charge in [0.15, 0.2) is 0 Å². The number of hydrogen-bond donors (Lipinski definition) is 1. The number of carbonyl (C=O) groups is 1. The van der Waals surface area contributed by atoms with Gasteiger partial charge < -0.3 is 20.6 Å². The Hall–Kier alpha value is -2.12. The van der Waals surface area contributed by atoms with Gasteiger partial charge in [-0.25, -0.2) is 0 Å². The standard InChI is InChI=1S/C8H10N4O4/c9-6(13)1-5-2-11-3-7(12(14)15)10-8(11)16-4-5/h3,5H,1-2,4H2,(H2,9,13)/t5-/m0/s1. The second-order valence-electron chi connectivity index (χ2n) is 3.64. The van der Waals surface area contributed by atoms with Crippen LogP contribution in [0.5, 0.6) is 6.01 Å². The highest BCUT2D eigenvalue weighted by Gasteiger charge is 2.28. The zero-order chi connectivity index (χ0) is 11.7. The molecule has 1 aliphatic heterocycles. The summed E-state index contributed by atoms with van der Waals surface area (Å²) in [7, 11) is 0. The molecule has 2 heterocycles. The number of imidazole rings is 1. The first-order chi connectivity index (χ1) is 7.56. The second kappa shape index (κ2) is 3.80. The zero-order valence-electron chi connectivity index (χ0n) is 8.33. The van der Waals surface area contributed by atoms with Gasteiger partial charge in [-0.3, -0.25) is 9.36 Å². The summed E-state index contributed by atoms with van der Waals surface area (Å²) in [5.74, 6) is -0.722. The maximum absolute atomic E-state index is 10.7. The van der Waals surface area contributed by atoms with E-state index in [0.717, 1.165) is 0 Å². The molecule has 16 heavy (non-hydrogen) atoms. The van der Waals surface area contributed by atoms with Crippen molar-refractivity contribution >= 4 is 11.7 Å². The van der Waals surface area contributed by atoms with Gasteiger partial charge in [0, 0.05) is 23.9 Å². The summed E-state index contributed by atoms with van der Waals surface area (Å²) in [6.45, 7) is 0.760. The third-order valence-electron chi connectivity index (χ3n) is 2.31. The Morgan fingerprint density at radius 3 is 3.19 bits per heavy atom. The predicted molar refractivity (Wildman–Crippen MR) is 51.7 cm³/mol. The first-order valence-electron chi connectivity index (χ1n) is 4.69. The highest BCUT2D eigenvalue weighted by Crippen LogP contribution is 2.24. The fourth-order valence-corrected chi connectivity index (χ4v) is 1.65. The predicted octanol–water partition coefficient (Wildman–Crippen LogP) is -0.325. The summed E-state index contributed by atoms with van der Waals surface area (Å²) < 4.78 is 6.73. The molecule has 0 saturated heterocycles. The van der Waals surface area contributed by atoms with Crippen molar-refractivity contribution < 1.29 is 14.5 Å². The normalized spacial score (nSPS) is 18.6. The van der Waals surface area contributed by atoms with Crippen LogP contribution in [0, 0.1) is 16.0 Å². The molecular weight excluding hydrogens is 216 g/mol. The van der Waals surface area contributed by atoms with Crippen LogP contribution in [0.3, 0.4) is 0 Å². The molecule has 8 nitrogen and oxygen atoms in total. The number of ether oxygens (including phenoxy) is 1. The largest absolute Gasteiger partial charge is 0.445 e. The van der Waals surface area contributed by atoms with E-state index in [2.05, 4.69) is 4.98 Å². The maximum atomic E-state index is 10.7. The lowest BCUT2D eigenvalue weighted by Crippen LogP contribution is -2.29. The summed E-state index contributed by atoms with van der Waals surface area (Å²) in [4.78, 5) is 24.3. The van der Waals surface area contributed by atoms with Gasteiger partial charge in [-0.2, -0.15) is 0 Å². The molecule has 0 bridgehead atoms. The van der Waals surface area contributed by atoms with Crippen molar-refractivity contribution in [3.05, 3.63) is 16.3 Å². The van der Waals surface area contributed by atoms with Crippen molar-refractivity contribution in [1.29, 1.82) is 0 Å². The lowest BCUT2D eigenvalue weighted by Gasteiger charge is -2.20. The Balaban J connectivity index is 2.14. The van der Waals surface area contributed by atoms with Crippen LogP contribution in [-0.4, -0.2) is 27.0 Å². The average Bonchev–Trinajstić information content (AvgIpc) is 2.59. The number of amides is 1. The van der Waals surface area contributed by atoms with Gasteiger partial charge in [-0.1, -0.05) is 0 Å². The third-order valence-corrected chi connectivity index (χ3v) is 2.31. The molecule has 0 aromatic carbocycles. The third kappa shape index (κ3) is 1.95. The van der Waals surface area contributed by atoms with E-state index >= 15 is 0 Å². The molecule has 0 unspecified atom stereocenters. The first kappa shape index (κ1) is 10.4. The maximum Gasteiger partial charge on any atom is 0.414 e. The summed E-state index contributed by atoms with van der Waals surface area (Å²) in [6, 6.07) is 0.215. The number of nitrogens with zero attached hydrogens (tertiary/aromatic N) is 3. The van der Waals surface area contributed by atoms with Crippen molar-refractivity contribution in [3.63, 3.8) is 0 Å². The summed E-state index contributed by atoms with van der Waals surface area (Å²) >= 11 is 0. The molecule has 0 aliphatic carbocycles. The van der Waals surface area contributed by atoms with Gasteiger partial charge in [-0.05, 0) is 4.92 Å². The van der Waals surface area contributed by atoms with Crippen LogP contribution in [-0.2, 0) is 11.3 Å². The van der Waals surface area contributed by atoms with Gasteiger partial charge in [0.25, 0.3) is 0 Å². The van der Waals surface area contributed by atoms with Crippen LogP contribution < -0.4 is 10.5 Å². The number of nitro groups is 1. The average molecular weight is 226 g/mol. The Morgan fingerprint density at radius 1 is 1.81 bits per heavy atom. The monoisotopic (exact) mass is 226 g/mol. The number of primary amides is 1. The molecule has 0 radical (unpaired) electrons. The number of nitrogens with two attached hydrogens (primary N) is 1. The smallest absolute Gasteiger partial charge is 0.414 e. The SMILES string of the molecule is NC(=O)C[C@@H]1COc2nc([N+](=O)[O-])cn2C1. The molecule has 86 valence electrons. The quantitative estimate of drug-likeness (QED) is 0.560. The summed E-state index contributed by atoms with van der Waals surface area (Å²) in [5.41, 5.74) is 5.07. The fraction of sp³-hybridized carbons (Fsp3) is 0.500. The topological polar surface area (TPSA) is 113 Å². The Morgan fingerprint density at radius 2 is 2.56 bits per heavy atom. The van der Waals surface area contributed by atoms with Gasteiger partial charge in [0.1, 0.15) is 6.20 Å². The zero-order valence-corrected chi connectivity index (χ0v) is 8.33. The van der Waals surface area contributed by atoms with Crippen molar-refractivity contribution in [2.75, 3.05) is 6.61 Å². The van der Waals surface area contributed by atoms with E-state index in [1.54, 1.807) is 0 Å². The molecule has 0 spiro atoms. The number of rotatable bonds is 3. The van der Waals surface area contributed by atoms with E-state index < -0.39 is 10.8 Å². The minimum atomic E-state index is -0.586. The summed E-state index contributed by atoms with van der Waals surface area (Å²) in [5, 5.41) is 10.5. The van der Waals surface area contributed by atoms with Gasteiger partial charge in [-0.15, -0.1) is 0 Å². The molecule has 0 saturated carbocycles. The minimum absolute atomic E-state index is 0.0567. The van der Waals surface area contributed by atoms with Gasteiger partial charge >= 0.3 is 11.8 Å². The van der Waals surface area contributed by atoms with Crippen LogP contribution in [0.4, 0.5) is 5.82 Å². The number of hydrogen-bond acceptors (Lipinski definition) is 5. The number of fused-ring (bicyclic) bond motifs is 1. The molecule has 0 fully saturated rings. The Labute approximate surface area is 90.2 Å². The Kier molecular flexibility index (Phi) is 2.47. The van der Waals surface area contributed by atoms with Crippen molar-refractivity contribution in [3.8, 4) is 6.01 Å². The molecular formula is C8H10N4O4. The van der Waals surface area contributed by atoms with Gasteiger partial charge in [0.2, 0.25) is 5.91 Å². The van der Waals surface area contributed by atoms with Crippen LogP contribution in [0.25, 0.3) is 0 Å². The van der Waals surface area contributed by atoms with Crippen molar-refractivity contribution in [2.45, 2.75) is 13.0 Å². The molecule has 1 aromatic rings. The van der Waals surface area contributed by atoms with E-state index in [1.165, 1.54) is 10.8 Å². The fourth-order valence-electron chi connectivity index (χ4n) is 1.65. The van der Waals surface area contributed by atoms with Crippen molar-refractivity contribution in [2.24, 2.45) is 11.7 Å². The van der Waals surface area contributed by atoms with E-state index in [4.69, 9.17) is 10.5 Å². The molecule has 8 heteroatoms. The van der Waals surface area contributed by atoms with Crippen molar-refractivity contribution in [1.82, 2.24) is 9.55 Å². The number of aromatic nitrogens is 2. The minimum Gasteiger partial charge on any atom is -0.445 e. The molecule has 2 N–H and O–H groups in total. The molecule has 2 rings (SSSR count). The van der Waals surface area contributed by atoms with Gasteiger partial charge in [0.05, 0.1) is 6.61 Å². The molecule has 1 aromatic heterocycles. The first-order valence-corrected chi connectivity index (χ1v) is 4.69. The van der Waals surface area contributed by atoms with Crippen LogP contribution >= 0.6 is 0 Å². The van der Waals surface area contributed by atoms with Crippen LogP contribution in [0.2, 0.25) is 0 Å². The number of carbonyl (C=O) groups excluding carboxylic acids is 1. The van der Waals surface area contributed by atoms with E-state index in [0.29, 0.717) is 13.2 Å². The lowest BCUT2D eigenvalue weighted by atomic mass is 10.1. The van der Waals surface area contributed by atoms with E-state index in [9.17, 15) is 14.9 Å². The highest BCUT2D eigenvalue weighted by molar-refractivity contribution is 5.74. The summed E-state index contributed by atoms with van der Waals surface area (Å²) in [6.07, 6.45) is 1.49. The van der Waals surface area contributed by atoms with Crippen LogP contribution in [0.1, 0.15) is 6.42 Å².